The largest absolute Gasteiger partial charge is 0.377 e. The number of carbonyl (C=O) groups excluding carboxylic acids is 1. The van der Waals surface area contributed by atoms with Gasteiger partial charge in [0, 0.05) is 32.5 Å². The summed E-state index contributed by atoms with van der Waals surface area (Å²) in [7, 11) is 1.72. The van der Waals surface area contributed by atoms with Gasteiger partial charge < -0.3 is 9.64 Å². The highest BCUT2D eigenvalue weighted by molar-refractivity contribution is 6.17. The summed E-state index contributed by atoms with van der Waals surface area (Å²) in [5, 5.41) is 0. The number of rotatable bonds is 4. The van der Waals surface area contributed by atoms with Gasteiger partial charge in [-0.25, -0.2) is 0 Å². The smallest absolute Gasteiger partial charge is 0.222 e. The summed E-state index contributed by atoms with van der Waals surface area (Å²) < 4.78 is 5.44. The van der Waals surface area contributed by atoms with Crippen LogP contribution in [0.3, 0.4) is 0 Å². The number of halogens is 1. The van der Waals surface area contributed by atoms with Crippen molar-refractivity contribution in [1.82, 2.24) is 4.90 Å². The fourth-order valence-corrected chi connectivity index (χ4v) is 2.09. The van der Waals surface area contributed by atoms with E-state index in [1.165, 1.54) is 0 Å². The predicted octanol–water partition coefficient (Wildman–Crippen LogP) is 2.03. The molecule has 4 heteroatoms. The molecule has 0 aromatic rings. The van der Waals surface area contributed by atoms with Crippen LogP contribution in [0.25, 0.3) is 0 Å². The molecule has 0 spiro atoms. The first-order chi connectivity index (χ1) is 7.11. The van der Waals surface area contributed by atoms with Gasteiger partial charge in [-0.05, 0) is 26.2 Å². The van der Waals surface area contributed by atoms with E-state index in [4.69, 9.17) is 16.3 Å². The molecular formula is C11H20ClNO2. The summed E-state index contributed by atoms with van der Waals surface area (Å²) in [6.07, 6.45) is 3.38. The van der Waals surface area contributed by atoms with E-state index in [2.05, 4.69) is 6.92 Å². The summed E-state index contributed by atoms with van der Waals surface area (Å²) in [5.41, 5.74) is -0.158. The van der Waals surface area contributed by atoms with Gasteiger partial charge in [0.05, 0.1) is 5.60 Å². The third-order valence-corrected chi connectivity index (χ3v) is 3.30. The highest BCUT2D eigenvalue weighted by Gasteiger charge is 2.32. The van der Waals surface area contributed by atoms with E-state index < -0.39 is 0 Å². The molecule has 0 aromatic heterocycles. The Kier molecular flexibility index (Phi) is 4.87. The van der Waals surface area contributed by atoms with Crippen molar-refractivity contribution in [2.24, 2.45) is 0 Å². The van der Waals surface area contributed by atoms with Gasteiger partial charge in [-0.3, -0.25) is 4.79 Å². The van der Waals surface area contributed by atoms with Gasteiger partial charge in [-0.2, -0.15) is 0 Å². The number of hydrogen-bond acceptors (Lipinski definition) is 2. The quantitative estimate of drug-likeness (QED) is 0.696. The molecule has 1 fully saturated rings. The zero-order valence-corrected chi connectivity index (χ0v) is 10.3. The van der Waals surface area contributed by atoms with Crippen LogP contribution in [-0.4, -0.2) is 42.5 Å². The van der Waals surface area contributed by atoms with E-state index >= 15 is 0 Å². The standard InChI is InChI=1S/C11H20ClNO2/c1-11(15-2)6-4-8-13(9-11)10(14)5-3-7-12/h3-9H2,1-2H3. The van der Waals surface area contributed by atoms with Crippen LogP contribution < -0.4 is 0 Å². The predicted molar refractivity (Wildman–Crippen MR) is 61.2 cm³/mol. The summed E-state index contributed by atoms with van der Waals surface area (Å²) in [5.74, 6) is 0.764. The van der Waals surface area contributed by atoms with E-state index in [0.717, 1.165) is 25.8 Å². The van der Waals surface area contributed by atoms with Crippen LogP contribution in [0.1, 0.15) is 32.6 Å². The highest BCUT2D eigenvalue weighted by Crippen LogP contribution is 2.24. The number of nitrogens with zero attached hydrogens (tertiary/aromatic N) is 1. The molecule has 1 unspecified atom stereocenters. The second kappa shape index (κ2) is 5.71. The van der Waals surface area contributed by atoms with Crippen molar-refractivity contribution < 1.29 is 9.53 Å². The Bertz CT molecular complexity index is 223. The Morgan fingerprint density at radius 1 is 1.60 bits per heavy atom. The fourth-order valence-electron chi connectivity index (χ4n) is 1.96. The molecule has 0 bridgehead atoms. The molecule has 1 heterocycles. The zero-order chi connectivity index (χ0) is 11.3. The van der Waals surface area contributed by atoms with Crippen molar-refractivity contribution in [2.75, 3.05) is 26.1 Å². The zero-order valence-electron chi connectivity index (χ0n) is 9.59. The Morgan fingerprint density at radius 2 is 2.33 bits per heavy atom. The van der Waals surface area contributed by atoms with Crippen molar-refractivity contribution in [3.63, 3.8) is 0 Å². The molecule has 0 radical (unpaired) electrons. The Labute approximate surface area is 96.7 Å². The van der Waals surface area contributed by atoms with Crippen LogP contribution in [0.15, 0.2) is 0 Å². The summed E-state index contributed by atoms with van der Waals surface area (Å²) in [4.78, 5) is 13.7. The normalized spacial score (nSPS) is 26.7. The fraction of sp³-hybridized carbons (Fsp3) is 0.909. The molecular weight excluding hydrogens is 214 g/mol. The number of piperidine rings is 1. The third-order valence-electron chi connectivity index (χ3n) is 3.03. The molecule has 0 aliphatic carbocycles. The number of ether oxygens (including phenoxy) is 1. The Hall–Kier alpha value is -0.280. The molecule has 1 saturated heterocycles. The third kappa shape index (κ3) is 3.65. The second-order valence-electron chi connectivity index (χ2n) is 4.37. The average molecular weight is 234 g/mol. The van der Waals surface area contributed by atoms with Crippen molar-refractivity contribution >= 4 is 17.5 Å². The van der Waals surface area contributed by atoms with Gasteiger partial charge in [-0.1, -0.05) is 0 Å². The maximum Gasteiger partial charge on any atom is 0.222 e. The van der Waals surface area contributed by atoms with Crippen molar-refractivity contribution in [3.8, 4) is 0 Å². The molecule has 1 rings (SSSR count). The van der Waals surface area contributed by atoms with E-state index in [0.29, 0.717) is 18.8 Å². The molecule has 3 nitrogen and oxygen atoms in total. The minimum atomic E-state index is -0.158. The molecule has 88 valence electrons. The first kappa shape index (κ1) is 12.8. The maximum absolute atomic E-state index is 11.8. The molecule has 1 amide bonds. The van der Waals surface area contributed by atoms with E-state index in [1.807, 2.05) is 4.90 Å². The van der Waals surface area contributed by atoms with Crippen molar-refractivity contribution in [1.29, 1.82) is 0 Å². The molecule has 0 saturated carbocycles. The van der Waals surface area contributed by atoms with Crippen molar-refractivity contribution in [2.45, 2.75) is 38.2 Å². The minimum absolute atomic E-state index is 0.158. The molecule has 15 heavy (non-hydrogen) atoms. The molecule has 1 atom stereocenters. The number of amides is 1. The van der Waals surface area contributed by atoms with E-state index in [1.54, 1.807) is 7.11 Å². The average Bonchev–Trinajstić information content (AvgIpc) is 2.26. The van der Waals surface area contributed by atoms with Gasteiger partial charge in [0.15, 0.2) is 0 Å². The first-order valence-electron chi connectivity index (χ1n) is 5.50. The summed E-state index contributed by atoms with van der Waals surface area (Å²) in [6.45, 7) is 3.64. The van der Waals surface area contributed by atoms with Gasteiger partial charge in [-0.15, -0.1) is 11.6 Å². The number of hydrogen-bond donors (Lipinski definition) is 0. The Morgan fingerprint density at radius 3 is 2.93 bits per heavy atom. The van der Waals surface area contributed by atoms with E-state index in [-0.39, 0.29) is 11.5 Å². The minimum Gasteiger partial charge on any atom is -0.377 e. The van der Waals surface area contributed by atoms with Crippen LogP contribution in [0, 0.1) is 0 Å². The monoisotopic (exact) mass is 233 g/mol. The lowest BCUT2D eigenvalue weighted by Crippen LogP contribution is -2.49. The van der Waals surface area contributed by atoms with Gasteiger partial charge in [0.1, 0.15) is 0 Å². The topological polar surface area (TPSA) is 29.5 Å². The lowest BCUT2D eigenvalue weighted by molar-refractivity contribution is -0.139. The van der Waals surface area contributed by atoms with Crippen molar-refractivity contribution in [3.05, 3.63) is 0 Å². The molecule has 0 N–H and O–H groups in total. The van der Waals surface area contributed by atoms with Crippen LogP contribution in [-0.2, 0) is 9.53 Å². The Balaban J connectivity index is 2.45. The lowest BCUT2D eigenvalue weighted by atomic mass is 9.94. The first-order valence-corrected chi connectivity index (χ1v) is 6.04. The van der Waals surface area contributed by atoms with Gasteiger partial charge in [0.25, 0.3) is 0 Å². The van der Waals surface area contributed by atoms with Crippen LogP contribution in [0.2, 0.25) is 0 Å². The summed E-state index contributed by atoms with van der Waals surface area (Å²) in [6, 6.07) is 0. The number of alkyl halides is 1. The second-order valence-corrected chi connectivity index (χ2v) is 4.74. The highest BCUT2D eigenvalue weighted by atomic mass is 35.5. The van der Waals surface area contributed by atoms with E-state index in [9.17, 15) is 4.79 Å². The molecule has 0 aromatic carbocycles. The van der Waals surface area contributed by atoms with Crippen LogP contribution in [0.5, 0.6) is 0 Å². The number of carbonyl (C=O) groups is 1. The van der Waals surface area contributed by atoms with Crippen LogP contribution >= 0.6 is 11.6 Å². The SMILES string of the molecule is COC1(C)CCCN(C(=O)CCCCl)C1. The summed E-state index contributed by atoms with van der Waals surface area (Å²) >= 11 is 5.57. The number of methoxy groups -OCH3 is 1. The van der Waals surface area contributed by atoms with Gasteiger partial charge >= 0.3 is 0 Å². The maximum atomic E-state index is 11.8. The molecule has 1 aliphatic rings. The lowest BCUT2D eigenvalue weighted by Gasteiger charge is -2.39. The van der Waals surface area contributed by atoms with Gasteiger partial charge in [0.2, 0.25) is 5.91 Å². The number of likely N-dealkylation sites (tertiary alicyclic amines) is 1. The molecule has 1 aliphatic heterocycles. The van der Waals surface area contributed by atoms with Crippen LogP contribution in [0.4, 0.5) is 0 Å².